The van der Waals surface area contributed by atoms with Crippen molar-refractivity contribution in [3.8, 4) is 16.9 Å². The third kappa shape index (κ3) is 6.87. The first-order valence-electron chi connectivity index (χ1n) is 14.1. The molecule has 3 heteroatoms. The van der Waals surface area contributed by atoms with Crippen molar-refractivity contribution in [1.82, 2.24) is 0 Å². The molecule has 0 amide bonds. The first kappa shape index (κ1) is 26.6. The Morgan fingerprint density at radius 3 is 2.06 bits per heavy atom. The molecule has 36 heavy (non-hydrogen) atoms. The third-order valence-electron chi connectivity index (χ3n) is 8.34. The minimum Gasteiger partial charge on any atom is -0.491 e. The van der Waals surface area contributed by atoms with Crippen molar-refractivity contribution >= 4 is 0 Å². The summed E-state index contributed by atoms with van der Waals surface area (Å²) in [6, 6.07) is 11.2. The van der Waals surface area contributed by atoms with E-state index >= 15 is 0 Å². The largest absolute Gasteiger partial charge is 0.491 e. The molecule has 2 aliphatic rings. The number of benzene rings is 2. The summed E-state index contributed by atoms with van der Waals surface area (Å²) >= 11 is 0. The molecule has 0 aromatic heterocycles. The van der Waals surface area contributed by atoms with Gasteiger partial charge in [0.05, 0.1) is 6.61 Å². The average molecular weight is 493 g/mol. The molecular formula is C33H42F2O. The molecule has 0 radical (unpaired) electrons. The molecule has 1 nitrogen and oxygen atoms in total. The van der Waals surface area contributed by atoms with Gasteiger partial charge in [0.15, 0.2) is 11.6 Å². The normalized spacial score (nSPS) is 25.0. The van der Waals surface area contributed by atoms with Crippen LogP contribution in [-0.2, 0) is 0 Å². The van der Waals surface area contributed by atoms with Gasteiger partial charge < -0.3 is 4.74 Å². The molecule has 0 heterocycles. The van der Waals surface area contributed by atoms with Gasteiger partial charge in [-0.25, -0.2) is 4.39 Å². The van der Waals surface area contributed by atoms with E-state index in [0.717, 1.165) is 11.8 Å². The van der Waals surface area contributed by atoms with Crippen LogP contribution in [-0.4, -0.2) is 6.61 Å². The van der Waals surface area contributed by atoms with Gasteiger partial charge in [0.25, 0.3) is 0 Å². The molecule has 0 N–H and O–H groups in total. The van der Waals surface area contributed by atoms with Crippen LogP contribution in [0, 0.1) is 29.4 Å². The Balaban J connectivity index is 1.25. The van der Waals surface area contributed by atoms with Gasteiger partial charge in [-0.2, -0.15) is 4.39 Å². The number of halogens is 2. The third-order valence-corrected chi connectivity index (χ3v) is 8.34. The Hall–Kier alpha value is -2.42. The molecule has 0 saturated heterocycles. The fraction of sp³-hybridized carbons (Fsp3) is 0.515. The molecule has 194 valence electrons. The van der Waals surface area contributed by atoms with E-state index in [1.807, 2.05) is 12.1 Å². The van der Waals surface area contributed by atoms with Crippen LogP contribution >= 0.6 is 0 Å². The Labute approximate surface area is 216 Å². The van der Waals surface area contributed by atoms with Crippen molar-refractivity contribution in [1.29, 1.82) is 0 Å². The zero-order chi connectivity index (χ0) is 25.3. The minimum atomic E-state index is -0.915. The topological polar surface area (TPSA) is 9.23 Å². The highest BCUT2D eigenvalue weighted by Crippen LogP contribution is 2.39. The molecule has 2 aliphatic carbocycles. The lowest BCUT2D eigenvalue weighted by Gasteiger charge is -2.29. The number of hydrogen-bond donors (Lipinski definition) is 0. The molecule has 0 aliphatic heterocycles. The molecule has 2 aromatic carbocycles. The molecule has 4 rings (SSSR count). The lowest BCUT2D eigenvalue weighted by atomic mass is 9.76. The minimum absolute atomic E-state index is 0.0334. The summed E-state index contributed by atoms with van der Waals surface area (Å²) in [5.74, 6) is 1.17. The number of hydrogen-bond acceptors (Lipinski definition) is 1. The fourth-order valence-corrected chi connectivity index (χ4v) is 6.08. The number of ether oxygens (including phenoxy) is 1. The Morgan fingerprint density at radius 2 is 1.44 bits per heavy atom. The van der Waals surface area contributed by atoms with E-state index in [-0.39, 0.29) is 11.3 Å². The molecule has 2 fully saturated rings. The quantitative estimate of drug-likeness (QED) is 0.316. The summed E-state index contributed by atoms with van der Waals surface area (Å²) in [6.07, 6.45) is 22.5. The smallest absolute Gasteiger partial charge is 0.201 e. The first-order chi connectivity index (χ1) is 17.6. The molecule has 0 unspecified atom stereocenters. The van der Waals surface area contributed by atoms with Crippen LogP contribution in [0.3, 0.4) is 0 Å². The monoisotopic (exact) mass is 492 g/mol. The predicted molar refractivity (Wildman–Crippen MR) is 146 cm³/mol. The van der Waals surface area contributed by atoms with Crippen molar-refractivity contribution in [2.45, 2.75) is 84.0 Å². The lowest BCUT2D eigenvalue weighted by molar-refractivity contribution is 0.295. The summed E-state index contributed by atoms with van der Waals surface area (Å²) in [4.78, 5) is 0. The molecular weight excluding hydrogens is 450 g/mol. The van der Waals surface area contributed by atoms with Crippen molar-refractivity contribution in [3.63, 3.8) is 0 Å². The van der Waals surface area contributed by atoms with Gasteiger partial charge in [-0.3, -0.25) is 0 Å². The van der Waals surface area contributed by atoms with E-state index in [1.165, 1.54) is 75.8 Å². The molecule has 0 bridgehead atoms. The second-order valence-electron chi connectivity index (χ2n) is 10.7. The standard InChI is InChI=1S/C33H42F2O/c1-3-5-6-7-24-8-10-25(11-9-24)12-13-26-14-16-27(17-15-26)28-18-20-29(21-19-28)30-22-23-31(36-4-2)33(35)32(30)34/h3,5,12-13,18-27H,4,6-11,14-17H2,1-2H3/b5-3+,13-12+. The van der Waals surface area contributed by atoms with Crippen molar-refractivity contribution in [3.05, 3.63) is 77.9 Å². The Bertz CT molecular complexity index is 1010. The van der Waals surface area contributed by atoms with Crippen LogP contribution < -0.4 is 4.74 Å². The highest BCUT2D eigenvalue weighted by atomic mass is 19.2. The zero-order valence-electron chi connectivity index (χ0n) is 22.0. The maximum Gasteiger partial charge on any atom is 0.201 e. The summed E-state index contributed by atoms with van der Waals surface area (Å²) in [6.45, 7) is 4.18. The van der Waals surface area contributed by atoms with Crippen LogP contribution in [0.4, 0.5) is 8.78 Å². The lowest BCUT2D eigenvalue weighted by Crippen LogP contribution is -2.14. The van der Waals surface area contributed by atoms with Gasteiger partial charge >= 0.3 is 0 Å². The number of rotatable bonds is 9. The predicted octanol–water partition coefficient (Wildman–Crippen LogP) is 10.0. The highest BCUT2D eigenvalue weighted by molar-refractivity contribution is 5.65. The fourth-order valence-electron chi connectivity index (χ4n) is 6.08. The number of allylic oxidation sites excluding steroid dienone is 4. The van der Waals surface area contributed by atoms with Crippen LogP contribution in [0.2, 0.25) is 0 Å². The van der Waals surface area contributed by atoms with E-state index in [4.69, 9.17) is 4.74 Å². The summed E-state index contributed by atoms with van der Waals surface area (Å²) in [7, 11) is 0. The zero-order valence-corrected chi connectivity index (χ0v) is 22.0. The van der Waals surface area contributed by atoms with Gasteiger partial charge in [-0.15, -0.1) is 0 Å². The van der Waals surface area contributed by atoms with E-state index in [9.17, 15) is 8.78 Å². The van der Waals surface area contributed by atoms with Crippen LogP contribution in [0.15, 0.2) is 60.7 Å². The average Bonchev–Trinajstić information content (AvgIpc) is 2.92. The van der Waals surface area contributed by atoms with Crippen LogP contribution in [0.5, 0.6) is 5.75 Å². The Morgan fingerprint density at radius 1 is 0.806 bits per heavy atom. The van der Waals surface area contributed by atoms with E-state index in [0.29, 0.717) is 24.0 Å². The van der Waals surface area contributed by atoms with Gasteiger partial charge in [0.2, 0.25) is 5.82 Å². The van der Waals surface area contributed by atoms with Crippen molar-refractivity contribution in [2.75, 3.05) is 6.61 Å². The maximum absolute atomic E-state index is 14.6. The van der Waals surface area contributed by atoms with Gasteiger partial charge in [0, 0.05) is 5.56 Å². The van der Waals surface area contributed by atoms with Crippen LogP contribution in [0.25, 0.3) is 11.1 Å². The van der Waals surface area contributed by atoms with E-state index in [1.54, 1.807) is 13.0 Å². The SMILES string of the molecule is C/C=C/CCC1CCC(/C=C/C2CCC(c3ccc(-c4ccc(OCC)c(F)c4F)cc3)CC2)CC1. The summed E-state index contributed by atoms with van der Waals surface area (Å²) < 4.78 is 34.1. The highest BCUT2D eigenvalue weighted by Gasteiger charge is 2.23. The molecule has 2 aromatic rings. The van der Waals surface area contributed by atoms with Gasteiger partial charge in [-0.05, 0) is 125 Å². The molecule has 2 saturated carbocycles. The van der Waals surface area contributed by atoms with E-state index < -0.39 is 11.6 Å². The van der Waals surface area contributed by atoms with Crippen molar-refractivity contribution in [2.24, 2.45) is 17.8 Å². The summed E-state index contributed by atoms with van der Waals surface area (Å²) in [5, 5.41) is 0. The second-order valence-corrected chi connectivity index (χ2v) is 10.7. The van der Waals surface area contributed by atoms with Crippen molar-refractivity contribution < 1.29 is 13.5 Å². The first-order valence-corrected chi connectivity index (χ1v) is 14.1. The molecule has 0 atom stereocenters. The van der Waals surface area contributed by atoms with Gasteiger partial charge in [0.1, 0.15) is 0 Å². The van der Waals surface area contributed by atoms with Crippen LogP contribution in [0.1, 0.15) is 89.5 Å². The maximum atomic E-state index is 14.6. The molecule has 0 spiro atoms. The summed E-state index contributed by atoms with van der Waals surface area (Å²) in [5.41, 5.74) is 2.29. The second kappa shape index (κ2) is 13.2. The van der Waals surface area contributed by atoms with E-state index in [2.05, 4.69) is 43.4 Å². The van der Waals surface area contributed by atoms with Gasteiger partial charge in [-0.1, -0.05) is 48.6 Å². The Kier molecular flexibility index (Phi) is 9.78.